The van der Waals surface area contributed by atoms with Crippen molar-refractivity contribution in [2.24, 2.45) is 5.92 Å². The summed E-state index contributed by atoms with van der Waals surface area (Å²) in [5.41, 5.74) is 1.04. The number of aliphatic hydroxyl groups is 3. The molecule has 40 heavy (non-hydrogen) atoms. The molecule has 4 rings (SSSR count). The number of aliphatic hydroxyl groups excluding tert-OH is 3. The summed E-state index contributed by atoms with van der Waals surface area (Å²) in [4.78, 5) is 29.0. The zero-order valence-electron chi connectivity index (χ0n) is 23.0. The van der Waals surface area contributed by atoms with Gasteiger partial charge >= 0.3 is 0 Å². The maximum absolute atomic E-state index is 14.0. The summed E-state index contributed by atoms with van der Waals surface area (Å²) >= 11 is 2.09. The van der Waals surface area contributed by atoms with Gasteiger partial charge in [-0.3, -0.25) is 9.59 Å². The number of halogens is 1. The molecule has 1 aliphatic heterocycles. The molecule has 11 heteroatoms. The van der Waals surface area contributed by atoms with Gasteiger partial charge in [-0.2, -0.15) is 0 Å². The van der Waals surface area contributed by atoms with Crippen LogP contribution in [0.3, 0.4) is 0 Å². The number of nitrogens with one attached hydrogen (secondary N) is 1. The lowest BCUT2D eigenvalue weighted by Crippen LogP contribution is -2.59. The smallest absolute Gasteiger partial charge is 0.247 e. The molecule has 4 N–H and O–H groups in total. The van der Waals surface area contributed by atoms with Crippen LogP contribution in [-0.2, 0) is 20.9 Å². The lowest BCUT2D eigenvalue weighted by Gasteiger charge is -2.45. The Hall–Kier alpha value is -1.93. The van der Waals surface area contributed by atoms with E-state index in [2.05, 4.69) is 27.9 Å². The highest BCUT2D eigenvalue weighted by Gasteiger charge is 2.45. The third kappa shape index (κ3) is 7.28. The van der Waals surface area contributed by atoms with Crippen LogP contribution >= 0.6 is 22.6 Å². The van der Waals surface area contributed by atoms with E-state index in [1.807, 2.05) is 4.90 Å². The average molecular weight is 673 g/mol. The van der Waals surface area contributed by atoms with Crippen molar-refractivity contribution >= 4 is 34.4 Å². The van der Waals surface area contributed by atoms with E-state index in [9.17, 15) is 24.9 Å². The minimum absolute atomic E-state index is 0.0383. The Morgan fingerprint density at radius 2 is 1.90 bits per heavy atom. The molecule has 0 spiro atoms. The number of hydrogen-bond donors (Lipinski definition) is 4. The first kappa shape index (κ1) is 31.0. The molecule has 1 aromatic rings. The van der Waals surface area contributed by atoms with Crippen LogP contribution in [0.15, 0.2) is 23.8 Å². The second-order valence-electron chi connectivity index (χ2n) is 10.7. The molecule has 0 radical (unpaired) electrons. The molecule has 1 heterocycles. The molecule has 3 aliphatic rings. The minimum Gasteiger partial charge on any atom is -0.493 e. The molecule has 2 amide bonds. The van der Waals surface area contributed by atoms with E-state index in [1.54, 1.807) is 18.2 Å². The highest BCUT2D eigenvalue weighted by Crippen LogP contribution is 2.38. The Labute approximate surface area is 249 Å². The van der Waals surface area contributed by atoms with Crippen LogP contribution in [0.1, 0.15) is 56.9 Å². The van der Waals surface area contributed by atoms with Crippen molar-refractivity contribution in [1.29, 1.82) is 0 Å². The number of carbonyl (C=O) groups is 2. The largest absolute Gasteiger partial charge is 0.493 e. The second kappa shape index (κ2) is 14.8. The Balaban J connectivity index is 1.72. The fraction of sp³-hybridized carbons (Fsp3) is 0.655. The van der Waals surface area contributed by atoms with Gasteiger partial charge in [-0.05, 0) is 65.6 Å². The van der Waals surface area contributed by atoms with Crippen molar-refractivity contribution in [1.82, 2.24) is 10.2 Å². The van der Waals surface area contributed by atoms with Crippen molar-refractivity contribution < 1.29 is 39.1 Å². The van der Waals surface area contributed by atoms with Gasteiger partial charge in [0, 0.05) is 31.2 Å². The van der Waals surface area contributed by atoms with Crippen molar-refractivity contribution in [2.45, 2.75) is 82.3 Å². The van der Waals surface area contributed by atoms with Crippen LogP contribution in [0, 0.1) is 9.49 Å². The van der Waals surface area contributed by atoms with Crippen molar-refractivity contribution in [3.05, 3.63) is 32.9 Å². The van der Waals surface area contributed by atoms with Gasteiger partial charge in [0.15, 0.2) is 11.5 Å². The molecule has 222 valence electrons. The molecule has 0 aromatic heterocycles. The number of rotatable bonds is 10. The summed E-state index contributed by atoms with van der Waals surface area (Å²) in [6, 6.07) is 2.71. The van der Waals surface area contributed by atoms with E-state index in [0.29, 0.717) is 45.8 Å². The van der Waals surface area contributed by atoms with Gasteiger partial charge in [0.25, 0.3) is 0 Å². The zero-order valence-corrected chi connectivity index (χ0v) is 25.2. The number of carbonyl (C=O) groups excluding carboxylic acids is 2. The van der Waals surface area contributed by atoms with E-state index in [0.717, 1.165) is 38.5 Å². The van der Waals surface area contributed by atoms with E-state index in [1.165, 1.54) is 7.11 Å². The molecule has 4 atom stereocenters. The third-order valence-corrected chi connectivity index (χ3v) is 8.85. The van der Waals surface area contributed by atoms with Gasteiger partial charge in [0.1, 0.15) is 12.2 Å². The molecule has 10 nitrogen and oxygen atoms in total. The summed E-state index contributed by atoms with van der Waals surface area (Å²) in [6.45, 7) is 0.612. The molecular weight excluding hydrogens is 631 g/mol. The van der Waals surface area contributed by atoms with Gasteiger partial charge < -0.3 is 39.7 Å². The summed E-state index contributed by atoms with van der Waals surface area (Å²) in [5, 5.41) is 33.4. The normalized spacial score (nSPS) is 25.6. The first-order valence-corrected chi connectivity index (χ1v) is 15.3. The van der Waals surface area contributed by atoms with Crippen LogP contribution in [0.2, 0.25) is 0 Å². The fourth-order valence-electron chi connectivity index (χ4n) is 5.95. The standard InChI is InChI=1S/C29H41IN2O8/c1-38-25-13-18(16-34)12-22(30)27(25)40-24-15-20(28(36)31-9-10-33)14-23(26(24)35)32(21-6-4-2-3-5-7-21)29(37)19-8-11-39-17-19/h12-13,15,19,21,23-24,26,33-35H,2-11,14,16-17H2,1H3,(H,31,36). The molecule has 2 aliphatic carbocycles. The topological polar surface area (TPSA) is 138 Å². The Morgan fingerprint density at radius 3 is 2.52 bits per heavy atom. The molecular formula is C29H41IN2O8. The van der Waals surface area contributed by atoms with Gasteiger partial charge in [-0.15, -0.1) is 0 Å². The van der Waals surface area contributed by atoms with Crippen molar-refractivity contribution in [2.75, 3.05) is 33.5 Å². The minimum atomic E-state index is -1.11. The maximum atomic E-state index is 14.0. The second-order valence-corrected chi connectivity index (χ2v) is 11.9. The lowest BCUT2D eigenvalue weighted by molar-refractivity contribution is -0.147. The summed E-state index contributed by atoms with van der Waals surface area (Å²) in [5.74, 6) is 0.0927. The quantitative estimate of drug-likeness (QED) is 0.220. The van der Waals surface area contributed by atoms with Crippen molar-refractivity contribution in [3.63, 3.8) is 0 Å². The third-order valence-electron chi connectivity index (χ3n) is 8.05. The maximum Gasteiger partial charge on any atom is 0.247 e. The first-order valence-electron chi connectivity index (χ1n) is 14.2. The van der Waals surface area contributed by atoms with Gasteiger partial charge in [-0.25, -0.2) is 0 Å². The first-order chi connectivity index (χ1) is 19.4. The highest BCUT2D eigenvalue weighted by molar-refractivity contribution is 14.1. The summed E-state index contributed by atoms with van der Waals surface area (Å²) < 4.78 is 18.1. The van der Waals surface area contributed by atoms with E-state index in [4.69, 9.17) is 14.2 Å². The van der Waals surface area contributed by atoms with Gasteiger partial charge in [0.05, 0.1) is 42.5 Å². The van der Waals surface area contributed by atoms with Crippen LogP contribution < -0.4 is 14.8 Å². The van der Waals surface area contributed by atoms with Gasteiger partial charge in [-0.1, -0.05) is 25.7 Å². The molecule has 2 fully saturated rings. The fourth-order valence-corrected chi connectivity index (χ4v) is 6.75. The Kier molecular flexibility index (Phi) is 11.5. The Morgan fingerprint density at radius 1 is 1.15 bits per heavy atom. The predicted octanol–water partition coefficient (Wildman–Crippen LogP) is 2.30. The van der Waals surface area contributed by atoms with Crippen molar-refractivity contribution in [3.8, 4) is 11.5 Å². The zero-order chi connectivity index (χ0) is 28.6. The van der Waals surface area contributed by atoms with E-state index < -0.39 is 18.2 Å². The number of methoxy groups -OCH3 is 1. The number of benzene rings is 1. The molecule has 1 saturated heterocycles. The van der Waals surface area contributed by atoms with E-state index >= 15 is 0 Å². The SMILES string of the molecule is COc1cc(CO)cc(I)c1OC1C=C(C(=O)NCCO)CC(N(C(=O)C2CCOC2)C2CCCCCC2)C1O. The number of hydrogen-bond acceptors (Lipinski definition) is 8. The number of amides is 2. The monoisotopic (exact) mass is 672 g/mol. The molecule has 1 aromatic carbocycles. The lowest BCUT2D eigenvalue weighted by atomic mass is 9.85. The Bertz CT molecular complexity index is 1050. The van der Waals surface area contributed by atoms with Crippen LogP contribution in [-0.4, -0.2) is 89.8 Å². The predicted molar refractivity (Wildman–Crippen MR) is 156 cm³/mol. The van der Waals surface area contributed by atoms with E-state index in [-0.39, 0.29) is 50.0 Å². The summed E-state index contributed by atoms with van der Waals surface area (Å²) in [7, 11) is 1.50. The molecule has 1 saturated carbocycles. The van der Waals surface area contributed by atoms with Crippen LogP contribution in [0.4, 0.5) is 0 Å². The molecule has 4 unspecified atom stereocenters. The summed E-state index contributed by atoms with van der Waals surface area (Å²) in [6.07, 6.45) is 6.28. The number of nitrogens with zero attached hydrogens (tertiary/aromatic N) is 1. The van der Waals surface area contributed by atoms with Crippen LogP contribution in [0.5, 0.6) is 11.5 Å². The highest BCUT2D eigenvalue weighted by atomic mass is 127. The van der Waals surface area contributed by atoms with Crippen LogP contribution in [0.25, 0.3) is 0 Å². The average Bonchev–Trinajstić information content (AvgIpc) is 3.38. The molecule has 0 bridgehead atoms. The van der Waals surface area contributed by atoms with Gasteiger partial charge in [0.2, 0.25) is 11.8 Å². The number of ether oxygens (including phenoxy) is 3.